The Labute approximate surface area is 251 Å². The third kappa shape index (κ3) is 5.76. The molecule has 222 valence electrons. The molecule has 0 spiro atoms. The molecule has 2 aromatic carbocycles. The van der Waals surface area contributed by atoms with Crippen LogP contribution in [0.25, 0.3) is 17.4 Å². The molecule has 0 amide bonds. The lowest BCUT2D eigenvalue weighted by atomic mass is 9.97. The average Bonchev–Trinajstić information content (AvgIpc) is 3.61. The Balaban J connectivity index is 1.57. The SMILES string of the molecule is CCOc1ccc([C@@H]2C(C(=O)OC)=CN=c3s/c(=C\c4ccc(-c5ccc(C(=O)OC)cc5C)o4)c(=O)n32)cc1OCC. The Morgan fingerprint density at radius 2 is 1.72 bits per heavy atom. The van der Waals surface area contributed by atoms with Crippen LogP contribution in [-0.4, -0.2) is 43.9 Å². The van der Waals surface area contributed by atoms with Crippen molar-refractivity contribution in [2.75, 3.05) is 27.4 Å². The summed E-state index contributed by atoms with van der Waals surface area (Å²) in [5.41, 5.74) is 2.58. The molecule has 1 aliphatic heterocycles. The topological polar surface area (TPSA) is 119 Å². The summed E-state index contributed by atoms with van der Waals surface area (Å²) in [6, 6.07) is 13.3. The van der Waals surface area contributed by atoms with Gasteiger partial charge in [-0.1, -0.05) is 23.5 Å². The van der Waals surface area contributed by atoms with Crippen LogP contribution >= 0.6 is 11.3 Å². The molecule has 0 radical (unpaired) electrons. The minimum atomic E-state index is -0.802. The smallest absolute Gasteiger partial charge is 0.337 e. The molecule has 0 unspecified atom stereocenters. The van der Waals surface area contributed by atoms with Gasteiger partial charge in [-0.05, 0) is 68.3 Å². The highest BCUT2D eigenvalue weighted by atomic mass is 32.1. The molecule has 0 fully saturated rings. The minimum Gasteiger partial charge on any atom is -0.490 e. The number of furan rings is 1. The van der Waals surface area contributed by atoms with Crippen LogP contribution in [0.1, 0.15) is 47.1 Å². The number of thiazole rings is 1. The molecule has 1 aliphatic rings. The van der Waals surface area contributed by atoms with Crippen molar-refractivity contribution in [2.24, 2.45) is 4.99 Å². The standard InChI is InChI=1S/C32H30N2O8S/c1-6-40-25-12-9-19(15-26(25)41-7-2)28-23(31(37)39-5)17-33-32-34(28)29(35)27(43-32)16-21-10-13-24(42-21)22-11-8-20(14-18(22)3)30(36)38-4/h8-17,28H,6-7H2,1-5H3/b27-16-/t28-/m1/s1. The Hall–Kier alpha value is -4.90. The number of aromatic nitrogens is 1. The second-order valence-corrected chi connectivity index (χ2v) is 10.5. The monoisotopic (exact) mass is 602 g/mol. The second-order valence-electron chi connectivity index (χ2n) is 9.47. The number of aryl methyl sites for hydroxylation is 1. The summed E-state index contributed by atoms with van der Waals surface area (Å²) < 4.78 is 29.3. The normalized spacial score (nSPS) is 14.4. The van der Waals surface area contributed by atoms with Crippen molar-refractivity contribution in [3.63, 3.8) is 0 Å². The van der Waals surface area contributed by atoms with E-state index in [4.69, 9.17) is 23.4 Å². The zero-order valence-electron chi connectivity index (χ0n) is 24.3. The Kier molecular flexibility index (Phi) is 8.63. The maximum atomic E-state index is 13.9. The number of rotatable bonds is 9. The van der Waals surface area contributed by atoms with Gasteiger partial charge in [0.25, 0.3) is 5.56 Å². The van der Waals surface area contributed by atoms with Gasteiger partial charge in [0.05, 0.1) is 49.1 Å². The van der Waals surface area contributed by atoms with Crippen LogP contribution in [0.5, 0.6) is 11.5 Å². The van der Waals surface area contributed by atoms with Crippen LogP contribution in [0, 0.1) is 6.92 Å². The van der Waals surface area contributed by atoms with E-state index < -0.39 is 18.0 Å². The van der Waals surface area contributed by atoms with Gasteiger partial charge in [-0.15, -0.1) is 0 Å². The number of carbonyl (C=O) groups is 2. The van der Waals surface area contributed by atoms with Crippen LogP contribution in [0.15, 0.2) is 74.5 Å². The van der Waals surface area contributed by atoms with Crippen molar-refractivity contribution in [2.45, 2.75) is 26.8 Å². The molecule has 1 atom stereocenters. The van der Waals surface area contributed by atoms with Crippen molar-refractivity contribution >= 4 is 29.4 Å². The van der Waals surface area contributed by atoms with Gasteiger partial charge >= 0.3 is 11.9 Å². The molecule has 0 bridgehead atoms. The first kappa shape index (κ1) is 29.6. The van der Waals surface area contributed by atoms with Crippen LogP contribution < -0.4 is 24.4 Å². The summed E-state index contributed by atoms with van der Waals surface area (Å²) in [5, 5.41) is 0. The van der Waals surface area contributed by atoms with E-state index in [1.165, 1.54) is 36.3 Å². The van der Waals surface area contributed by atoms with Gasteiger partial charge in [0.15, 0.2) is 16.3 Å². The number of nitrogens with zero attached hydrogens (tertiary/aromatic N) is 2. The number of carbonyl (C=O) groups excluding carboxylic acids is 2. The number of hydrogen-bond donors (Lipinski definition) is 0. The van der Waals surface area contributed by atoms with Crippen molar-refractivity contribution < 1.29 is 33.0 Å². The van der Waals surface area contributed by atoms with Crippen LogP contribution in [0.2, 0.25) is 0 Å². The predicted molar refractivity (Wildman–Crippen MR) is 160 cm³/mol. The van der Waals surface area contributed by atoms with Crippen molar-refractivity contribution in [1.82, 2.24) is 4.57 Å². The zero-order chi connectivity index (χ0) is 30.7. The lowest BCUT2D eigenvalue weighted by Gasteiger charge is -2.23. The van der Waals surface area contributed by atoms with Gasteiger partial charge in [-0.2, -0.15) is 0 Å². The molecule has 0 N–H and O–H groups in total. The molecule has 4 aromatic rings. The van der Waals surface area contributed by atoms with Gasteiger partial charge < -0.3 is 23.4 Å². The quantitative estimate of drug-likeness (QED) is 0.262. The molecule has 3 heterocycles. The van der Waals surface area contributed by atoms with Crippen LogP contribution in [0.3, 0.4) is 0 Å². The molecule has 11 heteroatoms. The summed E-state index contributed by atoms with van der Waals surface area (Å²) in [6.45, 7) is 6.48. The lowest BCUT2D eigenvalue weighted by Crippen LogP contribution is -2.39. The first-order chi connectivity index (χ1) is 20.8. The third-order valence-electron chi connectivity index (χ3n) is 6.82. The van der Waals surface area contributed by atoms with E-state index in [0.29, 0.717) is 56.7 Å². The fraction of sp³-hybridized carbons (Fsp3) is 0.250. The number of ether oxygens (including phenoxy) is 4. The van der Waals surface area contributed by atoms with Gasteiger partial charge in [-0.3, -0.25) is 9.36 Å². The summed E-state index contributed by atoms with van der Waals surface area (Å²) in [4.78, 5) is 43.4. The molecule has 0 aliphatic carbocycles. The second kappa shape index (κ2) is 12.5. The number of esters is 2. The van der Waals surface area contributed by atoms with E-state index in [0.717, 1.165) is 11.1 Å². The van der Waals surface area contributed by atoms with Gasteiger partial charge in [0, 0.05) is 17.8 Å². The van der Waals surface area contributed by atoms with Gasteiger partial charge in [0.1, 0.15) is 11.5 Å². The maximum absolute atomic E-state index is 13.9. The summed E-state index contributed by atoms with van der Waals surface area (Å²) in [5.74, 6) is 1.09. The van der Waals surface area contributed by atoms with Crippen LogP contribution in [0.4, 0.5) is 0 Å². The third-order valence-corrected chi connectivity index (χ3v) is 7.82. The molecule has 2 aromatic heterocycles. The number of benzene rings is 2. The lowest BCUT2D eigenvalue weighted by molar-refractivity contribution is -0.136. The minimum absolute atomic E-state index is 0.208. The molecule has 43 heavy (non-hydrogen) atoms. The molecule has 0 saturated heterocycles. The van der Waals surface area contributed by atoms with E-state index >= 15 is 0 Å². The van der Waals surface area contributed by atoms with Crippen molar-refractivity contribution in [1.29, 1.82) is 0 Å². The predicted octanol–water partition coefficient (Wildman–Crippen LogP) is 4.17. The van der Waals surface area contributed by atoms with E-state index in [1.54, 1.807) is 54.6 Å². The molecule has 10 nitrogen and oxygen atoms in total. The fourth-order valence-corrected chi connectivity index (χ4v) is 5.83. The van der Waals surface area contributed by atoms with Crippen molar-refractivity contribution in [3.8, 4) is 22.8 Å². The highest BCUT2D eigenvalue weighted by molar-refractivity contribution is 7.07. The Bertz CT molecular complexity index is 1910. The fourth-order valence-electron chi connectivity index (χ4n) is 4.88. The maximum Gasteiger partial charge on any atom is 0.337 e. The molecule has 0 saturated carbocycles. The molecular formula is C32H30N2O8S. The van der Waals surface area contributed by atoms with Gasteiger partial charge in [-0.25, -0.2) is 14.6 Å². The zero-order valence-corrected chi connectivity index (χ0v) is 25.2. The molecular weight excluding hydrogens is 572 g/mol. The van der Waals surface area contributed by atoms with E-state index in [9.17, 15) is 14.4 Å². The van der Waals surface area contributed by atoms with Crippen LogP contribution in [-0.2, 0) is 14.3 Å². The summed E-state index contributed by atoms with van der Waals surface area (Å²) >= 11 is 1.18. The number of methoxy groups -OCH3 is 2. The average molecular weight is 603 g/mol. The summed E-state index contributed by atoms with van der Waals surface area (Å²) in [6.07, 6.45) is 3.09. The first-order valence-corrected chi connectivity index (χ1v) is 14.4. The van der Waals surface area contributed by atoms with E-state index in [2.05, 4.69) is 4.99 Å². The van der Waals surface area contributed by atoms with E-state index in [1.807, 2.05) is 20.8 Å². The van der Waals surface area contributed by atoms with Crippen molar-refractivity contribution in [3.05, 3.63) is 102 Å². The number of hydrogen-bond acceptors (Lipinski definition) is 10. The van der Waals surface area contributed by atoms with Gasteiger partial charge in [0.2, 0.25) is 0 Å². The Morgan fingerprint density at radius 1 is 0.977 bits per heavy atom. The largest absolute Gasteiger partial charge is 0.490 e. The molecule has 5 rings (SSSR count). The highest BCUT2D eigenvalue weighted by Crippen LogP contribution is 2.35. The Morgan fingerprint density at radius 3 is 2.42 bits per heavy atom. The first-order valence-electron chi connectivity index (χ1n) is 13.6. The highest BCUT2D eigenvalue weighted by Gasteiger charge is 2.31. The summed E-state index contributed by atoms with van der Waals surface area (Å²) in [7, 11) is 2.62. The van der Waals surface area contributed by atoms with E-state index in [-0.39, 0.29) is 11.1 Å². The number of fused-ring (bicyclic) bond motifs is 1.